The van der Waals surface area contributed by atoms with Crippen LogP contribution in [0.25, 0.3) is 0 Å². The number of sulfone groups is 1. The molecule has 0 fully saturated rings. The first-order valence-corrected chi connectivity index (χ1v) is 7.81. The van der Waals surface area contributed by atoms with Gasteiger partial charge in [0.1, 0.15) is 0 Å². The highest BCUT2D eigenvalue weighted by atomic mass is 32.2. The Morgan fingerprint density at radius 3 is 1.67 bits per heavy atom. The summed E-state index contributed by atoms with van der Waals surface area (Å²) in [6, 6.07) is 9.50. The smallest absolute Gasteiger partial charge is 0.162 e. The van der Waals surface area contributed by atoms with E-state index in [1.165, 1.54) is 0 Å². The van der Waals surface area contributed by atoms with Gasteiger partial charge in [-0.1, -0.05) is 51.1 Å². The van der Waals surface area contributed by atoms with E-state index in [2.05, 4.69) is 0 Å². The van der Waals surface area contributed by atoms with Crippen molar-refractivity contribution in [3.63, 3.8) is 0 Å². The van der Waals surface area contributed by atoms with Gasteiger partial charge in [0.2, 0.25) is 0 Å². The van der Waals surface area contributed by atoms with E-state index in [1.807, 2.05) is 51.1 Å². The molecular weight excluding hydrogens is 244 g/mol. The first-order valence-electron chi connectivity index (χ1n) is 6.26. The number of hydrogen-bond donors (Lipinski definition) is 0. The first-order chi connectivity index (χ1) is 7.98. The zero-order valence-corrected chi connectivity index (χ0v) is 13.0. The minimum absolute atomic E-state index is 0.326. The van der Waals surface area contributed by atoms with Gasteiger partial charge in [-0.3, -0.25) is 0 Å². The molecule has 0 bridgehead atoms. The van der Waals surface area contributed by atoms with Gasteiger partial charge in [-0.05, 0) is 31.7 Å². The second kappa shape index (κ2) is 4.69. The van der Waals surface area contributed by atoms with E-state index in [-0.39, 0.29) is 5.41 Å². The fourth-order valence-corrected chi connectivity index (χ4v) is 4.28. The minimum Gasteiger partial charge on any atom is -0.228 e. The van der Waals surface area contributed by atoms with Crippen molar-refractivity contribution in [2.75, 3.05) is 0 Å². The second-order valence-corrected chi connectivity index (χ2v) is 9.60. The fraction of sp³-hybridized carbons (Fsp3) is 0.600. The Morgan fingerprint density at radius 2 is 1.33 bits per heavy atom. The third-order valence-corrected chi connectivity index (χ3v) is 6.36. The molecule has 2 nitrogen and oxygen atoms in total. The van der Waals surface area contributed by atoms with Crippen LogP contribution in [-0.4, -0.2) is 13.2 Å². The Labute approximate surface area is 111 Å². The summed E-state index contributed by atoms with van der Waals surface area (Å²) >= 11 is 0. The summed E-state index contributed by atoms with van der Waals surface area (Å²) in [6.07, 6.45) is 0. The summed E-state index contributed by atoms with van der Waals surface area (Å²) in [5.74, 6) is 0. The summed E-state index contributed by atoms with van der Waals surface area (Å²) in [5.41, 5.74) is 0.549. The maximum Gasteiger partial charge on any atom is 0.162 e. The number of rotatable bonds is 2. The monoisotopic (exact) mass is 268 g/mol. The van der Waals surface area contributed by atoms with Gasteiger partial charge >= 0.3 is 0 Å². The second-order valence-electron chi connectivity index (χ2n) is 6.81. The predicted molar refractivity (Wildman–Crippen MR) is 77.3 cm³/mol. The summed E-state index contributed by atoms with van der Waals surface area (Å²) in [5, 5.41) is -0.480. The Hall–Kier alpha value is -0.830. The van der Waals surface area contributed by atoms with Crippen LogP contribution in [0, 0.1) is 5.41 Å². The van der Waals surface area contributed by atoms with Crippen LogP contribution in [0.1, 0.15) is 52.4 Å². The van der Waals surface area contributed by atoms with Crippen LogP contribution >= 0.6 is 0 Å². The van der Waals surface area contributed by atoms with Gasteiger partial charge in [0.15, 0.2) is 9.84 Å². The summed E-state index contributed by atoms with van der Waals surface area (Å²) < 4.78 is 24.8. The molecule has 0 aliphatic rings. The largest absolute Gasteiger partial charge is 0.228 e. The lowest BCUT2D eigenvalue weighted by atomic mass is 9.87. The summed E-state index contributed by atoms with van der Waals surface area (Å²) in [4.78, 5) is 0. The third-order valence-electron chi connectivity index (χ3n) is 3.05. The minimum atomic E-state index is -3.25. The van der Waals surface area contributed by atoms with Gasteiger partial charge in [-0.15, -0.1) is 0 Å². The zero-order chi connectivity index (χ0) is 14.2. The Bertz CT molecular complexity index is 488. The molecule has 0 saturated heterocycles. The highest BCUT2D eigenvalue weighted by molar-refractivity contribution is 7.93. The van der Waals surface area contributed by atoms with Crippen molar-refractivity contribution in [2.24, 2.45) is 5.41 Å². The molecule has 0 amide bonds. The molecule has 0 aromatic heterocycles. The van der Waals surface area contributed by atoms with Gasteiger partial charge in [0, 0.05) is 0 Å². The van der Waals surface area contributed by atoms with Crippen LogP contribution < -0.4 is 0 Å². The molecule has 0 heterocycles. The van der Waals surface area contributed by atoms with Crippen LogP contribution in [0.4, 0.5) is 0 Å². The summed E-state index contributed by atoms with van der Waals surface area (Å²) in [7, 11) is -3.25. The van der Waals surface area contributed by atoms with Crippen molar-refractivity contribution in [1.82, 2.24) is 0 Å². The van der Waals surface area contributed by atoms with Crippen LogP contribution in [0.5, 0.6) is 0 Å². The van der Waals surface area contributed by atoms with Gasteiger partial charge in [0.25, 0.3) is 0 Å². The third kappa shape index (κ3) is 2.94. The van der Waals surface area contributed by atoms with Crippen LogP contribution in [0.3, 0.4) is 0 Å². The zero-order valence-electron chi connectivity index (χ0n) is 12.2. The number of benzene rings is 1. The van der Waals surface area contributed by atoms with E-state index < -0.39 is 19.8 Å². The Kier molecular flexibility index (Phi) is 3.97. The van der Waals surface area contributed by atoms with E-state index >= 15 is 0 Å². The predicted octanol–water partition coefficient (Wildman–Crippen LogP) is 3.99. The molecule has 0 aliphatic carbocycles. The van der Waals surface area contributed by atoms with Gasteiger partial charge in [-0.2, -0.15) is 0 Å². The molecule has 3 heteroatoms. The Balaban J connectivity index is 3.44. The van der Waals surface area contributed by atoms with E-state index in [0.717, 1.165) is 5.56 Å². The SMILES string of the molecule is CC(C)(C)[C@H](c1ccccc1)S(=O)(=O)C(C)(C)C. The molecule has 0 unspecified atom stereocenters. The van der Waals surface area contributed by atoms with E-state index in [9.17, 15) is 8.42 Å². The van der Waals surface area contributed by atoms with Gasteiger partial charge in [0.05, 0.1) is 10.00 Å². The Morgan fingerprint density at radius 1 is 0.889 bits per heavy atom. The van der Waals surface area contributed by atoms with Crippen LogP contribution in [0.15, 0.2) is 30.3 Å². The van der Waals surface area contributed by atoms with Crippen molar-refractivity contribution >= 4 is 9.84 Å². The van der Waals surface area contributed by atoms with Crippen molar-refractivity contribution in [3.05, 3.63) is 35.9 Å². The van der Waals surface area contributed by atoms with E-state index in [4.69, 9.17) is 0 Å². The highest BCUT2D eigenvalue weighted by Crippen LogP contribution is 2.43. The standard InChI is InChI=1S/C15H24O2S/c1-14(2,3)13(12-10-8-7-9-11-12)18(16,17)15(4,5)6/h7-11,13H,1-6H3/t13-/m0/s1. The lowest BCUT2D eigenvalue weighted by molar-refractivity contribution is 0.376. The van der Waals surface area contributed by atoms with Gasteiger partial charge in [-0.25, -0.2) is 8.42 Å². The average Bonchev–Trinajstić information content (AvgIpc) is 2.14. The molecule has 18 heavy (non-hydrogen) atoms. The molecule has 1 aromatic rings. The fourth-order valence-electron chi connectivity index (χ4n) is 2.13. The molecule has 1 atom stereocenters. The van der Waals surface area contributed by atoms with Crippen LogP contribution in [-0.2, 0) is 9.84 Å². The van der Waals surface area contributed by atoms with Crippen LogP contribution in [0.2, 0.25) is 0 Å². The van der Waals surface area contributed by atoms with Crippen molar-refractivity contribution in [2.45, 2.75) is 51.5 Å². The lowest BCUT2D eigenvalue weighted by Gasteiger charge is -2.35. The molecule has 102 valence electrons. The molecule has 0 saturated carbocycles. The molecule has 0 N–H and O–H groups in total. The maximum atomic E-state index is 12.8. The topological polar surface area (TPSA) is 34.1 Å². The van der Waals surface area contributed by atoms with Crippen molar-refractivity contribution in [1.29, 1.82) is 0 Å². The lowest BCUT2D eigenvalue weighted by Crippen LogP contribution is -2.38. The van der Waals surface area contributed by atoms with E-state index in [0.29, 0.717) is 0 Å². The van der Waals surface area contributed by atoms with E-state index in [1.54, 1.807) is 20.8 Å². The summed E-state index contributed by atoms with van der Waals surface area (Å²) in [6.45, 7) is 11.2. The molecule has 0 radical (unpaired) electrons. The normalized spacial score (nSPS) is 15.4. The van der Waals surface area contributed by atoms with Gasteiger partial charge < -0.3 is 0 Å². The first kappa shape index (κ1) is 15.2. The average molecular weight is 268 g/mol. The molecule has 0 aliphatic heterocycles. The maximum absolute atomic E-state index is 12.8. The molecule has 0 spiro atoms. The highest BCUT2D eigenvalue weighted by Gasteiger charge is 2.44. The van der Waals surface area contributed by atoms with Crippen molar-refractivity contribution < 1.29 is 8.42 Å². The molecule has 1 rings (SSSR count). The molecule has 1 aromatic carbocycles. The number of hydrogen-bond acceptors (Lipinski definition) is 2. The molecular formula is C15H24O2S. The van der Waals surface area contributed by atoms with Crippen molar-refractivity contribution in [3.8, 4) is 0 Å². The quantitative estimate of drug-likeness (QED) is 0.813.